The lowest BCUT2D eigenvalue weighted by atomic mass is 9.44. The molecule has 0 radical (unpaired) electrons. The Labute approximate surface area is 129 Å². The molecule has 4 nitrogen and oxygen atoms in total. The number of aromatic nitrogens is 2. The molecule has 1 heterocycles. The first-order valence-electron chi connectivity index (χ1n) is 7.75. The Balaban J connectivity index is 1.57. The third-order valence-corrected chi connectivity index (χ3v) is 5.89. The van der Waals surface area contributed by atoms with Crippen LogP contribution in [0.5, 0.6) is 0 Å². The van der Waals surface area contributed by atoms with Crippen molar-refractivity contribution in [2.75, 3.05) is 5.32 Å². The van der Waals surface area contributed by atoms with Crippen molar-refractivity contribution in [2.45, 2.75) is 45.4 Å². The van der Waals surface area contributed by atoms with Gasteiger partial charge in [0.2, 0.25) is 5.91 Å². The van der Waals surface area contributed by atoms with Gasteiger partial charge in [0.15, 0.2) is 5.82 Å². The number of carbonyl (C=O) groups excluding carboxylic acids is 1. The minimum absolute atomic E-state index is 0.138. The van der Waals surface area contributed by atoms with Crippen molar-refractivity contribution in [1.29, 1.82) is 0 Å². The molecule has 1 aromatic rings. The van der Waals surface area contributed by atoms with Crippen molar-refractivity contribution < 1.29 is 4.79 Å². The van der Waals surface area contributed by atoms with E-state index in [0.29, 0.717) is 16.4 Å². The summed E-state index contributed by atoms with van der Waals surface area (Å²) in [7, 11) is 0. The zero-order valence-electron chi connectivity index (χ0n) is 12.2. The summed E-state index contributed by atoms with van der Waals surface area (Å²) < 4.78 is 0. The van der Waals surface area contributed by atoms with E-state index in [1.807, 2.05) is 0 Å². The Morgan fingerprint density at radius 3 is 2.52 bits per heavy atom. The lowest BCUT2D eigenvalue weighted by Gasteiger charge is -2.60. The summed E-state index contributed by atoms with van der Waals surface area (Å²) in [5.74, 6) is 2.11. The van der Waals surface area contributed by atoms with Crippen LogP contribution in [-0.2, 0) is 4.79 Å². The van der Waals surface area contributed by atoms with Crippen molar-refractivity contribution in [3.8, 4) is 0 Å². The van der Waals surface area contributed by atoms with E-state index >= 15 is 0 Å². The molecule has 0 aromatic carbocycles. The summed E-state index contributed by atoms with van der Waals surface area (Å²) >= 11 is 5.74. The number of nitrogens with zero attached hydrogens (tertiary/aromatic N) is 2. The number of anilines is 1. The lowest BCUT2D eigenvalue weighted by molar-refractivity contribution is -0.149. The van der Waals surface area contributed by atoms with Gasteiger partial charge in [-0.25, -0.2) is 9.97 Å². The van der Waals surface area contributed by atoms with E-state index in [4.69, 9.17) is 11.6 Å². The van der Waals surface area contributed by atoms with Crippen molar-refractivity contribution >= 4 is 23.3 Å². The van der Waals surface area contributed by atoms with E-state index in [9.17, 15) is 4.79 Å². The van der Waals surface area contributed by atoms with Crippen molar-refractivity contribution in [2.24, 2.45) is 22.7 Å². The molecular formula is C16H20ClN3O. The van der Waals surface area contributed by atoms with Gasteiger partial charge >= 0.3 is 0 Å². The smallest absolute Gasteiger partial charge is 0.231 e. The molecule has 4 aliphatic rings. The van der Waals surface area contributed by atoms with Gasteiger partial charge in [0.1, 0.15) is 5.15 Å². The number of carbonyl (C=O) groups is 1. The molecule has 21 heavy (non-hydrogen) atoms. The SMILES string of the molecule is CC12CC3CC(C1)CC(C(=O)Nc1cnc(Cl)cn1)(C3)C2. The minimum atomic E-state index is -0.180. The lowest BCUT2D eigenvalue weighted by Crippen LogP contribution is -2.55. The average Bonchev–Trinajstić information content (AvgIpc) is 2.38. The summed E-state index contributed by atoms with van der Waals surface area (Å²) in [6.45, 7) is 2.37. The van der Waals surface area contributed by atoms with Gasteiger partial charge in [0.05, 0.1) is 17.8 Å². The second-order valence-electron chi connectivity index (χ2n) is 7.73. The fourth-order valence-corrected chi connectivity index (χ4v) is 5.71. The number of halogens is 1. The van der Waals surface area contributed by atoms with E-state index in [1.54, 1.807) is 0 Å². The van der Waals surface area contributed by atoms with Gasteiger partial charge in [0, 0.05) is 0 Å². The van der Waals surface area contributed by atoms with Crippen LogP contribution in [0.3, 0.4) is 0 Å². The molecule has 4 bridgehead atoms. The molecular weight excluding hydrogens is 286 g/mol. The van der Waals surface area contributed by atoms with Crippen LogP contribution >= 0.6 is 11.6 Å². The molecule has 0 saturated heterocycles. The Hall–Kier alpha value is -1.16. The summed E-state index contributed by atoms with van der Waals surface area (Å²) in [5, 5.41) is 3.32. The van der Waals surface area contributed by atoms with Gasteiger partial charge in [-0.15, -0.1) is 0 Å². The van der Waals surface area contributed by atoms with Crippen molar-refractivity contribution in [3.05, 3.63) is 17.5 Å². The summed E-state index contributed by atoms with van der Waals surface area (Å²) in [6, 6.07) is 0. The summed E-state index contributed by atoms with van der Waals surface area (Å²) in [6.07, 6.45) is 10.1. The zero-order valence-corrected chi connectivity index (χ0v) is 13.0. The Bertz CT molecular complexity index is 572. The van der Waals surface area contributed by atoms with Crippen LogP contribution in [-0.4, -0.2) is 15.9 Å². The minimum Gasteiger partial charge on any atom is -0.309 e. The molecule has 4 saturated carbocycles. The van der Waals surface area contributed by atoms with E-state index in [0.717, 1.165) is 31.1 Å². The first kappa shape index (κ1) is 13.5. The molecule has 1 amide bonds. The number of hydrogen-bond donors (Lipinski definition) is 1. The first-order chi connectivity index (χ1) is 9.96. The van der Waals surface area contributed by atoms with Crippen LogP contribution < -0.4 is 5.32 Å². The Morgan fingerprint density at radius 2 is 1.95 bits per heavy atom. The zero-order chi connectivity index (χ0) is 14.7. The fourth-order valence-electron chi connectivity index (χ4n) is 5.61. The predicted octanol–water partition coefficient (Wildman–Crippen LogP) is 3.68. The van der Waals surface area contributed by atoms with Gasteiger partial charge in [-0.3, -0.25) is 4.79 Å². The highest BCUT2D eigenvalue weighted by molar-refractivity contribution is 6.29. The fraction of sp³-hybridized carbons (Fsp3) is 0.688. The third kappa shape index (κ3) is 2.24. The third-order valence-electron chi connectivity index (χ3n) is 5.70. The first-order valence-corrected chi connectivity index (χ1v) is 8.13. The number of nitrogens with one attached hydrogen (secondary N) is 1. The van der Waals surface area contributed by atoms with Crippen molar-refractivity contribution in [1.82, 2.24) is 9.97 Å². The topological polar surface area (TPSA) is 54.9 Å². The highest BCUT2D eigenvalue weighted by atomic mass is 35.5. The molecule has 0 aliphatic heterocycles. The molecule has 4 aliphatic carbocycles. The summed E-state index contributed by atoms with van der Waals surface area (Å²) in [4.78, 5) is 21.0. The molecule has 112 valence electrons. The quantitative estimate of drug-likeness (QED) is 0.907. The average molecular weight is 306 g/mol. The highest BCUT2D eigenvalue weighted by Gasteiger charge is 2.58. The maximum atomic E-state index is 12.9. The van der Waals surface area contributed by atoms with Crippen LogP contribution in [0.2, 0.25) is 5.15 Å². The van der Waals surface area contributed by atoms with Crippen molar-refractivity contribution in [3.63, 3.8) is 0 Å². The normalized spacial score (nSPS) is 40.3. The monoisotopic (exact) mass is 305 g/mol. The predicted molar refractivity (Wildman–Crippen MR) is 80.9 cm³/mol. The molecule has 4 fully saturated rings. The number of rotatable bonds is 2. The van der Waals surface area contributed by atoms with Gasteiger partial charge in [-0.1, -0.05) is 18.5 Å². The van der Waals surface area contributed by atoms with E-state index < -0.39 is 0 Å². The van der Waals surface area contributed by atoms with E-state index in [1.165, 1.54) is 31.7 Å². The van der Waals surface area contributed by atoms with Crippen LogP contribution in [0.4, 0.5) is 5.82 Å². The molecule has 2 atom stereocenters. The molecule has 1 N–H and O–H groups in total. The standard InChI is InChI=1S/C16H20ClN3O/c1-15-3-10-2-11(4-15)6-16(5-10,9-15)14(21)20-13-8-18-12(17)7-19-13/h7-8,10-11H,2-6,9H2,1H3,(H,19,20,21). The molecule has 1 aromatic heterocycles. The van der Waals surface area contributed by atoms with E-state index in [2.05, 4.69) is 22.2 Å². The van der Waals surface area contributed by atoms with Gasteiger partial charge in [0.25, 0.3) is 0 Å². The molecule has 5 rings (SSSR count). The van der Waals surface area contributed by atoms with Crippen LogP contribution in [0, 0.1) is 22.7 Å². The Kier molecular flexibility index (Phi) is 2.84. The number of amides is 1. The van der Waals surface area contributed by atoms with Gasteiger partial charge in [-0.2, -0.15) is 0 Å². The second-order valence-corrected chi connectivity index (χ2v) is 8.12. The van der Waals surface area contributed by atoms with Crippen LogP contribution in [0.25, 0.3) is 0 Å². The highest BCUT2D eigenvalue weighted by Crippen LogP contribution is 2.65. The summed E-state index contributed by atoms with van der Waals surface area (Å²) in [5.41, 5.74) is 0.188. The largest absolute Gasteiger partial charge is 0.309 e. The van der Waals surface area contributed by atoms with E-state index in [-0.39, 0.29) is 11.3 Å². The Morgan fingerprint density at radius 1 is 1.24 bits per heavy atom. The maximum Gasteiger partial charge on any atom is 0.231 e. The van der Waals surface area contributed by atoms with Gasteiger partial charge < -0.3 is 5.32 Å². The number of hydrogen-bond acceptors (Lipinski definition) is 3. The second kappa shape index (κ2) is 4.42. The molecule has 0 spiro atoms. The molecule has 5 heteroatoms. The van der Waals surface area contributed by atoms with Crippen LogP contribution in [0.1, 0.15) is 45.4 Å². The molecule has 2 unspecified atom stereocenters. The van der Waals surface area contributed by atoms with Gasteiger partial charge in [-0.05, 0) is 55.8 Å². The maximum absolute atomic E-state index is 12.9. The van der Waals surface area contributed by atoms with Crippen LogP contribution in [0.15, 0.2) is 12.4 Å².